The van der Waals surface area contributed by atoms with Gasteiger partial charge >= 0.3 is 5.97 Å². The van der Waals surface area contributed by atoms with E-state index >= 15 is 0 Å². The largest absolute Gasteiger partial charge is 0.481 e. The molecular formula is C19H20ClNO3S. The molecule has 6 heteroatoms. The Morgan fingerprint density at radius 2 is 1.72 bits per heavy atom. The summed E-state index contributed by atoms with van der Waals surface area (Å²) in [5.74, 6) is -0.884. The zero-order valence-corrected chi connectivity index (χ0v) is 15.7. The van der Waals surface area contributed by atoms with Gasteiger partial charge in [0.2, 0.25) is 0 Å². The van der Waals surface area contributed by atoms with Gasteiger partial charge in [-0.3, -0.25) is 9.59 Å². The van der Waals surface area contributed by atoms with Crippen molar-refractivity contribution in [2.75, 3.05) is 13.6 Å². The summed E-state index contributed by atoms with van der Waals surface area (Å²) in [7, 11) is 1.62. The summed E-state index contributed by atoms with van der Waals surface area (Å²) in [6.07, 6.45) is 0. The van der Waals surface area contributed by atoms with Crippen LogP contribution in [0.4, 0.5) is 0 Å². The van der Waals surface area contributed by atoms with Gasteiger partial charge in [-0.05, 0) is 42.0 Å². The number of rotatable bonds is 7. The van der Waals surface area contributed by atoms with Gasteiger partial charge in [0.25, 0.3) is 5.91 Å². The van der Waals surface area contributed by atoms with Crippen LogP contribution < -0.4 is 0 Å². The molecule has 0 heterocycles. The van der Waals surface area contributed by atoms with Crippen LogP contribution >= 0.6 is 23.4 Å². The third-order valence-electron chi connectivity index (χ3n) is 3.74. The molecule has 0 radical (unpaired) electrons. The Morgan fingerprint density at radius 1 is 1.12 bits per heavy atom. The number of aliphatic carboxylic acids is 1. The highest BCUT2D eigenvalue weighted by Gasteiger charge is 2.18. The number of carbonyl (C=O) groups excluding carboxylic acids is 1. The summed E-state index contributed by atoms with van der Waals surface area (Å²) in [6, 6.07) is 15.1. The zero-order chi connectivity index (χ0) is 18.4. The molecule has 4 nitrogen and oxygen atoms in total. The summed E-state index contributed by atoms with van der Waals surface area (Å²) in [5, 5.41) is 9.66. The van der Waals surface area contributed by atoms with E-state index in [1.54, 1.807) is 37.9 Å². The summed E-state index contributed by atoms with van der Waals surface area (Å²) in [4.78, 5) is 25.8. The van der Waals surface area contributed by atoms with Crippen LogP contribution in [0.15, 0.2) is 53.4 Å². The number of thioether (sulfide) groups is 1. The SMILES string of the molecule is CC(CN(C)C(=O)c1ccc(CSc2ccc(Cl)cc2)cc1)C(=O)O. The standard InChI is InChI=1S/C19H20ClNO3S/c1-13(19(23)24)11-21(2)18(22)15-5-3-14(4-6-15)12-25-17-9-7-16(20)8-10-17/h3-10,13H,11-12H2,1-2H3,(H,23,24). The minimum absolute atomic E-state index is 0.176. The van der Waals surface area contributed by atoms with Crippen LogP contribution in [0.5, 0.6) is 0 Å². The molecule has 0 spiro atoms. The second-order valence-corrected chi connectivity index (χ2v) is 7.35. The lowest BCUT2D eigenvalue weighted by molar-refractivity contribution is -0.141. The lowest BCUT2D eigenvalue weighted by Crippen LogP contribution is -2.33. The van der Waals surface area contributed by atoms with Gasteiger partial charge in [-0.1, -0.05) is 30.7 Å². The molecule has 0 saturated heterocycles. The average Bonchev–Trinajstić information content (AvgIpc) is 2.61. The molecule has 25 heavy (non-hydrogen) atoms. The molecule has 1 atom stereocenters. The lowest BCUT2D eigenvalue weighted by Gasteiger charge is -2.19. The Balaban J connectivity index is 1.93. The molecule has 0 fully saturated rings. The number of carboxylic acids is 1. The first-order valence-corrected chi connectivity index (χ1v) is 9.18. The van der Waals surface area contributed by atoms with Crippen molar-refractivity contribution >= 4 is 35.2 Å². The second kappa shape index (κ2) is 8.92. The van der Waals surface area contributed by atoms with Crippen LogP contribution in [-0.2, 0) is 10.5 Å². The molecule has 0 aromatic heterocycles. The molecule has 0 bridgehead atoms. The van der Waals surface area contributed by atoms with Gasteiger partial charge in [0.15, 0.2) is 0 Å². The van der Waals surface area contributed by atoms with E-state index in [2.05, 4.69) is 0 Å². The first kappa shape index (κ1) is 19.3. The van der Waals surface area contributed by atoms with Gasteiger partial charge in [-0.25, -0.2) is 0 Å². The van der Waals surface area contributed by atoms with E-state index in [-0.39, 0.29) is 12.5 Å². The number of halogens is 1. The lowest BCUT2D eigenvalue weighted by atomic mass is 10.1. The summed E-state index contributed by atoms with van der Waals surface area (Å²) in [5.41, 5.74) is 1.67. The fraction of sp³-hybridized carbons (Fsp3) is 0.263. The van der Waals surface area contributed by atoms with Crippen molar-refractivity contribution in [2.24, 2.45) is 5.92 Å². The third-order valence-corrected chi connectivity index (χ3v) is 5.07. The highest BCUT2D eigenvalue weighted by molar-refractivity contribution is 7.98. The molecule has 1 amide bonds. The van der Waals surface area contributed by atoms with Crippen molar-refractivity contribution in [1.82, 2.24) is 4.90 Å². The Bertz CT molecular complexity index is 731. The maximum absolute atomic E-state index is 12.3. The van der Waals surface area contributed by atoms with E-state index in [9.17, 15) is 9.59 Å². The minimum Gasteiger partial charge on any atom is -0.481 e. The van der Waals surface area contributed by atoms with Crippen LogP contribution in [0.25, 0.3) is 0 Å². The normalized spacial score (nSPS) is 11.8. The fourth-order valence-electron chi connectivity index (χ4n) is 2.23. The van der Waals surface area contributed by atoms with Crippen LogP contribution in [-0.4, -0.2) is 35.5 Å². The molecule has 0 aliphatic rings. The molecular weight excluding hydrogens is 358 g/mol. The number of carbonyl (C=O) groups is 2. The molecule has 132 valence electrons. The highest BCUT2D eigenvalue weighted by Crippen LogP contribution is 2.24. The number of amides is 1. The maximum Gasteiger partial charge on any atom is 0.308 e. The smallest absolute Gasteiger partial charge is 0.308 e. The summed E-state index contributed by atoms with van der Waals surface area (Å²) in [6.45, 7) is 1.77. The molecule has 0 aliphatic heterocycles. The minimum atomic E-state index is -0.908. The van der Waals surface area contributed by atoms with Crippen molar-refractivity contribution in [1.29, 1.82) is 0 Å². The topological polar surface area (TPSA) is 57.6 Å². The number of hydrogen-bond acceptors (Lipinski definition) is 3. The van der Waals surface area contributed by atoms with E-state index in [0.29, 0.717) is 10.6 Å². The van der Waals surface area contributed by atoms with Crippen molar-refractivity contribution in [3.8, 4) is 0 Å². The van der Waals surface area contributed by atoms with Gasteiger partial charge < -0.3 is 10.0 Å². The molecule has 1 unspecified atom stereocenters. The first-order chi connectivity index (χ1) is 11.9. The van der Waals surface area contributed by atoms with Crippen molar-refractivity contribution in [3.63, 3.8) is 0 Å². The molecule has 2 aromatic rings. The summed E-state index contributed by atoms with van der Waals surface area (Å²) >= 11 is 7.57. The first-order valence-electron chi connectivity index (χ1n) is 7.82. The molecule has 2 rings (SSSR count). The monoisotopic (exact) mass is 377 g/mol. The average molecular weight is 378 g/mol. The van der Waals surface area contributed by atoms with Gasteiger partial charge in [0.05, 0.1) is 5.92 Å². The van der Waals surface area contributed by atoms with E-state index in [1.807, 2.05) is 36.4 Å². The van der Waals surface area contributed by atoms with E-state index in [1.165, 1.54) is 4.90 Å². The Labute approximate surface area is 156 Å². The second-order valence-electron chi connectivity index (χ2n) is 5.86. The van der Waals surface area contributed by atoms with Gasteiger partial charge in [-0.2, -0.15) is 0 Å². The molecule has 0 saturated carbocycles. The Morgan fingerprint density at radius 3 is 2.28 bits per heavy atom. The third kappa shape index (κ3) is 5.80. The van der Waals surface area contributed by atoms with Gasteiger partial charge in [-0.15, -0.1) is 11.8 Å². The number of benzene rings is 2. The molecule has 1 N–H and O–H groups in total. The van der Waals surface area contributed by atoms with Crippen LogP contribution in [0, 0.1) is 5.92 Å². The van der Waals surface area contributed by atoms with E-state index in [4.69, 9.17) is 16.7 Å². The fourth-order valence-corrected chi connectivity index (χ4v) is 3.21. The van der Waals surface area contributed by atoms with Crippen LogP contribution in [0.2, 0.25) is 5.02 Å². The number of nitrogens with zero attached hydrogens (tertiary/aromatic N) is 1. The van der Waals surface area contributed by atoms with Crippen molar-refractivity contribution in [3.05, 3.63) is 64.7 Å². The number of carboxylic acid groups (broad SMARTS) is 1. The van der Waals surface area contributed by atoms with E-state index < -0.39 is 11.9 Å². The quantitative estimate of drug-likeness (QED) is 0.725. The zero-order valence-electron chi connectivity index (χ0n) is 14.1. The van der Waals surface area contributed by atoms with Crippen molar-refractivity contribution in [2.45, 2.75) is 17.6 Å². The predicted octanol–water partition coefficient (Wildman–Crippen LogP) is 4.43. The van der Waals surface area contributed by atoms with Gasteiger partial charge in [0.1, 0.15) is 0 Å². The Kier molecular flexibility index (Phi) is 6.91. The van der Waals surface area contributed by atoms with Crippen molar-refractivity contribution < 1.29 is 14.7 Å². The molecule has 0 aliphatic carbocycles. The highest BCUT2D eigenvalue weighted by atomic mass is 35.5. The Hall–Kier alpha value is -1.98. The van der Waals surface area contributed by atoms with Crippen LogP contribution in [0.1, 0.15) is 22.8 Å². The van der Waals surface area contributed by atoms with E-state index in [0.717, 1.165) is 16.2 Å². The van der Waals surface area contributed by atoms with Gasteiger partial charge in [0, 0.05) is 34.8 Å². The maximum atomic E-state index is 12.3. The summed E-state index contributed by atoms with van der Waals surface area (Å²) < 4.78 is 0. The van der Waals surface area contributed by atoms with Crippen LogP contribution in [0.3, 0.4) is 0 Å². The predicted molar refractivity (Wildman–Crippen MR) is 101 cm³/mol. The number of hydrogen-bond donors (Lipinski definition) is 1. The molecule has 2 aromatic carbocycles.